The maximum Gasteiger partial charge on any atom is 0.534 e. The summed E-state index contributed by atoms with van der Waals surface area (Å²) in [5.41, 5.74) is -11.1. The van der Waals surface area contributed by atoms with Crippen molar-refractivity contribution in [1.82, 2.24) is 0 Å². The highest BCUT2D eigenvalue weighted by Crippen LogP contribution is 2.26. The predicted octanol–water partition coefficient (Wildman–Crippen LogP) is 0.748. The van der Waals surface area contributed by atoms with Crippen LogP contribution in [0, 0.1) is 7.14 Å². The molecule has 0 amide bonds. The Kier molecular flexibility index (Phi) is 8.81. The van der Waals surface area contributed by atoms with Gasteiger partial charge < -0.3 is 8.74 Å². The van der Waals surface area contributed by atoms with E-state index < -0.39 is 52.5 Å². The molecule has 168 valence electrons. The Labute approximate surface area is 181 Å². The van der Waals surface area contributed by atoms with Crippen molar-refractivity contribution in [2.45, 2.75) is 11.0 Å². The van der Waals surface area contributed by atoms with Crippen LogP contribution in [-0.4, -0.2) is 32.4 Å². The van der Waals surface area contributed by atoms with Gasteiger partial charge in [-0.1, -0.05) is 23.7 Å². The third-order valence-corrected chi connectivity index (χ3v) is 7.22. The lowest BCUT2D eigenvalue weighted by Crippen LogP contribution is -3.61. The van der Waals surface area contributed by atoms with Gasteiger partial charge in [-0.05, 0) is 36.4 Å². The molecular formula is C14H8ClF6IO6S2. The summed E-state index contributed by atoms with van der Waals surface area (Å²) in [6.07, 6.45) is 0. The molecule has 2 aromatic rings. The van der Waals surface area contributed by atoms with E-state index in [1.807, 2.05) is 0 Å². The first kappa shape index (κ1) is 26.7. The molecular weight excluding hydrogens is 605 g/mol. The molecule has 16 heteroatoms. The summed E-state index contributed by atoms with van der Waals surface area (Å²) in [6.45, 7) is 0. The molecule has 0 radical (unpaired) electrons. The van der Waals surface area contributed by atoms with E-state index in [0.29, 0.717) is 8.59 Å². The molecule has 0 spiro atoms. The zero-order valence-electron chi connectivity index (χ0n) is 13.9. The number of hydrogen-bond acceptors (Lipinski definition) is 6. The Bertz CT molecular complexity index is 1070. The quantitative estimate of drug-likeness (QED) is 0.166. The zero-order valence-corrected chi connectivity index (χ0v) is 18.5. The lowest BCUT2D eigenvalue weighted by Gasteiger charge is -2.08. The molecule has 0 heterocycles. The maximum atomic E-state index is 12.4. The van der Waals surface area contributed by atoms with Crippen LogP contribution in [0.5, 0.6) is 5.75 Å². The summed E-state index contributed by atoms with van der Waals surface area (Å²) in [6, 6.07) is 12.6. The number of benzene rings is 2. The zero-order chi connectivity index (χ0) is 23.4. The van der Waals surface area contributed by atoms with Crippen LogP contribution < -0.4 is 25.4 Å². The summed E-state index contributed by atoms with van der Waals surface area (Å²) in [4.78, 5) is 0. The Hall–Kier alpha value is -1.30. The molecule has 30 heavy (non-hydrogen) atoms. The lowest BCUT2D eigenvalue weighted by molar-refractivity contribution is -0.598. The molecule has 0 fully saturated rings. The highest BCUT2D eigenvalue weighted by atomic mass is 127. The molecule has 2 rings (SSSR count). The Morgan fingerprint density at radius 3 is 1.73 bits per heavy atom. The minimum Gasteiger partial charge on any atom is -0.741 e. The topological polar surface area (TPSA) is 101 Å². The average molecular weight is 613 g/mol. The Balaban J connectivity index is 0.000000479. The van der Waals surface area contributed by atoms with Gasteiger partial charge in [0.2, 0.25) is 3.57 Å². The van der Waals surface area contributed by atoms with E-state index in [1.165, 1.54) is 12.1 Å². The van der Waals surface area contributed by atoms with E-state index in [1.54, 1.807) is 36.4 Å². The summed E-state index contributed by atoms with van der Waals surface area (Å²) >= 11 is 4.85. The highest BCUT2D eigenvalue weighted by Gasteiger charge is 2.49. The second-order valence-corrected chi connectivity index (χ2v) is 11.1. The van der Waals surface area contributed by atoms with Gasteiger partial charge in [0.25, 0.3) is 0 Å². The fourth-order valence-electron chi connectivity index (χ4n) is 1.37. The lowest BCUT2D eigenvalue weighted by atomic mass is 10.3. The number of rotatable bonds is 4. The first-order valence-electron chi connectivity index (χ1n) is 6.96. The first-order chi connectivity index (χ1) is 13.4. The third kappa shape index (κ3) is 8.09. The number of hydrogen-bond donors (Lipinski definition) is 0. The molecule has 0 unspecified atom stereocenters. The fourth-order valence-corrected chi connectivity index (χ4v) is 4.45. The van der Waals surface area contributed by atoms with Crippen molar-refractivity contribution < 1.29 is 73.1 Å². The van der Waals surface area contributed by atoms with Crippen molar-refractivity contribution in [3.05, 3.63) is 60.7 Å². The van der Waals surface area contributed by atoms with E-state index in [2.05, 4.69) is 4.18 Å². The molecule has 6 nitrogen and oxygen atoms in total. The summed E-state index contributed by atoms with van der Waals surface area (Å²) in [5.74, 6) is -0.303. The van der Waals surface area contributed by atoms with Crippen LogP contribution in [0.3, 0.4) is 0 Å². The Morgan fingerprint density at radius 1 is 0.833 bits per heavy atom. The summed E-state index contributed by atoms with van der Waals surface area (Å²) < 4.78 is 124. The second kappa shape index (κ2) is 9.88. The maximum absolute atomic E-state index is 12.4. The van der Waals surface area contributed by atoms with E-state index in [-0.39, 0.29) is 5.75 Å². The molecule has 0 aromatic heterocycles. The minimum atomic E-state index is -6.09. The van der Waals surface area contributed by atoms with E-state index in [4.69, 9.17) is 24.6 Å². The van der Waals surface area contributed by atoms with Gasteiger partial charge in [-0.3, -0.25) is 0 Å². The van der Waals surface area contributed by atoms with Gasteiger partial charge in [0.05, 0.1) is 0 Å². The molecule has 0 aliphatic rings. The number of alkyl halides is 6. The van der Waals surface area contributed by atoms with Gasteiger partial charge in [-0.2, -0.15) is 34.8 Å². The van der Waals surface area contributed by atoms with Crippen molar-refractivity contribution in [3.63, 3.8) is 0 Å². The standard InChI is InChI=1S/C13H8ClF3IO3S.CHF3O3S/c14-9-5-7-10(8-6-9)18-11-3-1-2-4-12(11)21-22(19,20)13(15,16)17;2-1(3,4)8(5,6)7/h1-8H;(H,5,6,7)/q+1;/p-1. The molecule has 0 aliphatic heterocycles. The average Bonchev–Trinajstić information content (AvgIpc) is 2.56. The van der Waals surface area contributed by atoms with Crippen molar-refractivity contribution >= 4 is 31.8 Å². The van der Waals surface area contributed by atoms with Crippen LogP contribution in [0.4, 0.5) is 26.3 Å². The van der Waals surface area contributed by atoms with Crippen LogP contribution in [0.2, 0.25) is 5.02 Å². The van der Waals surface area contributed by atoms with Crippen LogP contribution in [0.25, 0.3) is 0 Å². The molecule has 2 aromatic carbocycles. The highest BCUT2D eigenvalue weighted by molar-refractivity contribution is 7.88. The van der Waals surface area contributed by atoms with Gasteiger partial charge in [-0.25, -0.2) is 8.42 Å². The number of para-hydroxylation sites is 1. The molecule has 0 saturated carbocycles. The van der Waals surface area contributed by atoms with Crippen molar-refractivity contribution in [2.24, 2.45) is 0 Å². The van der Waals surface area contributed by atoms with Crippen LogP contribution in [0.1, 0.15) is 0 Å². The minimum absolute atomic E-state index is 0.303. The smallest absolute Gasteiger partial charge is 0.534 e. The monoisotopic (exact) mass is 612 g/mol. The Morgan fingerprint density at radius 2 is 1.30 bits per heavy atom. The summed E-state index contributed by atoms with van der Waals surface area (Å²) in [5, 5.41) is 0.539. The first-order valence-corrected chi connectivity index (χ1v) is 12.3. The van der Waals surface area contributed by atoms with E-state index in [0.717, 1.165) is 3.57 Å². The molecule has 0 atom stereocenters. The molecule has 0 aliphatic carbocycles. The van der Waals surface area contributed by atoms with Crippen LogP contribution in [-0.2, 0) is 20.2 Å². The van der Waals surface area contributed by atoms with Crippen LogP contribution in [0.15, 0.2) is 48.5 Å². The fraction of sp³-hybridized carbons (Fsp3) is 0.143. The van der Waals surface area contributed by atoms with Gasteiger partial charge in [0.15, 0.2) is 19.4 Å². The van der Waals surface area contributed by atoms with E-state index in [9.17, 15) is 34.8 Å². The SMILES string of the molecule is O=S(=O)(Oc1ccccc1[I+]c1ccc(Cl)cc1)C(F)(F)F.O=S(=O)([O-])C(F)(F)F. The predicted molar refractivity (Wildman–Crippen MR) is 86.6 cm³/mol. The van der Waals surface area contributed by atoms with Gasteiger partial charge >= 0.3 is 42.3 Å². The largest absolute Gasteiger partial charge is 0.741 e. The third-order valence-electron chi connectivity index (χ3n) is 2.62. The summed E-state index contributed by atoms with van der Waals surface area (Å²) in [7, 11) is -11.8. The van der Waals surface area contributed by atoms with Crippen molar-refractivity contribution in [2.75, 3.05) is 0 Å². The van der Waals surface area contributed by atoms with Gasteiger partial charge in [0, 0.05) is 5.02 Å². The second-order valence-electron chi connectivity index (χ2n) is 4.84. The molecule has 0 bridgehead atoms. The molecule has 0 N–H and O–H groups in total. The van der Waals surface area contributed by atoms with Crippen molar-refractivity contribution in [3.8, 4) is 5.75 Å². The van der Waals surface area contributed by atoms with Crippen LogP contribution >= 0.6 is 11.6 Å². The van der Waals surface area contributed by atoms with Gasteiger partial charge in [-0.15, -0.1) is 0 Å². The normalized spacial score (nSPS) is 12.7. The van der Waals surface area contributed by atoms with Gasteiger partial charge in [0.1, 0.15) is 0 Å². The van der Waals surface area contributed by atoms with Crippen molar-refractivity contribution in [1.29, 1.82) is 0 Å². The number of halogens is 8. The van der Waals surface area contributed by atoms with E-state index >= 15 is 0 Å². The molecule has 0 saturated heterocycles.